The molecule has 1 unspecified atom stereocenters. The Labute approximate surface area is 122 Å². The summed E-state index contributed by atoms with van der Waals surface area (Å²) >= 11 is 1.20. The highest BCUT2D eigenvalue weighted by atomic mass is 32.2. The molecule has 0 spiro atoms. The van der Waals surface area contributed by atoms with Gasteiger partial charge in [0.15, 0.2) is 0 Å². The quantitative estimate of drug-likeness (QED) is 0.646. The molecule has 0 heterocycles. The van der Waals surface area contributed by atoms with Crippen molar-refractivity contribution in [1.82, 2.24) is 5.32 Å². The third kappa shape index (κ3) is 4.14. The van der Waals surface area contributed by atoms with Crippen LogP contribution in [0.1, 0.15) is 20.8 Å². The maximum atomic E-state index is 13.3. The van der Waals surface area contributed by atoms with E-state index in [9.17, 15) is 9.18 Å². The number of nitrogens with one attached hydrogen (secondary N) is 1. The third-order valence-corrected chi connectivity index (χ3v) is 4.12. The number of nitrogens with zero attached hydrogens (tertiary/aromatic N) is 1. The molecule has 108 valence electrons. The first-order valence-corrected chi connectivity index (χ1v) is 7.17. The number of anilines is 1. The summed E-state index contributed by atoms with van der Waals surface area (Å²) in [7, 11) is 0. The lowest BCUT2D eigenvalue weighted by Gasteiger charge is -2.27. The second-order valence-electron chi connectivity index (χ2n) is 4.99. The number of nitrogen functional groups attached to an aromatic ring is 1. The number of hydrogen-bond donors (Lipinski definition) is 2. The van der Waals surface area contributed by atoms with Gasteiger partial charge in [-0.2, -0.15) is 5.26 Å². The fourth-order valence-electron chi connectivity index (χ4n) is 1.37. The largest absolute Gasteiger partial charge is 0.396 e. The minimum absolute atomic E-state index is 0.00424. The molecule has 0 saturated carbocycles. The lowest BCUT2D eigenvalue weighted by Crippen LogP contribution is -2.49. The maximum absolute atomic E-state index is 13.3. The molecule has 1 rings (SSSR count). The van der Waals surface area contributed by atoms with Gasteiger partial charge < -0.3 is 11.1 Å². The third-order valence-electron chi connectivity index (χ3n) is 3.13. The molecule has 0 aliphatic rings. The average Bonchev–Trinajstić information content (AvgIpc) is 2.39. The smallest absolute Gasteiger partial charge is 0.231 e. The first-order chi connectivity index (χ1) is 9.28. The van der Waals surface area contributed by atoms with E-state index in [1.54, 1.807) is 13.0 Å². The maximum Gasteiger partial charge on any atom is 0.231 e. The van der Waals surface area contributed by atoms with Crippen molar-refractivity contribution in [2.75, 3.05) is 11.5 Å². The lowest BCUT2D eigenvalue weighted by atomic mass is 9.90. The molecular weight excluding hydrogens is 277 g/mol. The van der Waals surface area contributed by atoms with Crippen molar-refractivity contribution < 1.29 is 9.18 Å². The molecule has 1 aromatic rings. The number of halogens is 1. The zero-order valence-electron chi connectivity index (χ0n) is 11.7. The Morgan fingerprint density at radius 3 is 2.75 bits per heavy atom. The topological polar surface area (TPSA) is 78.9 Å². The number of carbonyl (C=O) groups is 1. The van der Waals surface area contributed by atoms with Crippen LogP contribution in [0.15, 0.2) is 23.1 Å². The zero-order chi connectivity index (χ0) is 15.3. The van der Waals surface area contributed by atoms with Crippen molar-refractivity contribution >= 4 is 23.4 Å². The van der Waals surface area contributed by atoms with E-state index in [1.165, 1.54) is 23.9 Å². The molecule has 20 heavy (non-hydrogen) atoms. The summed E-state index contributed by atoms with van der Waals surface area (Å²) in [4.78, 5) is 12.5. The number of nitrogens with two attached hydrogens (primary N) is 1. The Morgan fingerprint density at radius 1 is 1.60 bits per heavy atom. The number of nitriles is 1. The number of hydrogen-bond acceptors (Lipinski definition) is 4. The standard InChI is InChI=1S/C14H18FN3OS/c1-9(2)14(3,8-16)18-13(19)7-20-10-4-5-12(17)11(15)6-10/h4-6,9H,7,17H2,1-3H3,(H,18,19). The Bertz CT molecular complexity index is 542. The van der Waals surface area contributed by atoms with Crippen molar-refractivity contribution in [3.8, 4) is 6.07 Å². The lowest BCUT2D eigenvalue weighted by molar-refractivity contribution is -0.120. The molecule has 4 nitrogen and oxygen atoms in total. The SMILES string of the molecule is CC(C)C(C)(C#N)NC(=O)CSc1ccc(N)c(F)c1. The van der Waals surface area contributed by atoms with Gasteiger partial charge in [0.05, 0.1) is 17.5 Å². The van der Waals surface area contributed by atoms with Crippen LogP contribution in [0, 0.1) is 23.1 Å². The van der Waals surface area contributed by atoms with Gasteiger partial charge in [-0.1, -0.05) is 13.8 Å². The van der Waals surface area contributed by atoms with Crippen LogP contribution < -0.4 is 11.1 Å². The van der Waals surface area contributed by atoms with Crippen LogP contribution in [0.4, 0.5) is 10.1 Å². The van der Waals surface area contributed by atoms with Crippen LogP contribution in [-0.2, 0) is 4.79 Å². The molecule has 0 bridgehead atoms. The summed E-state index contributed by atoms with van der Waals surface area (Å²) in [6.45, 7) is 5.42. The second kappa shape index (κ2) is 6.62. The molecule has 1 amide bonds. The van der Waals surface area contributed by atoms with E-state index in [0.29, 0.717) is 4.90 Å². The summed E-state index contributed by atoms with van der Waals surface area (Å²) < 4.78 is 13.3. The van der Waals surface area contributed by atoms with Crippen molar-refractivity contribution in [1.29, 1.82) is 5.26 Å². The van der Waals surface area contributed by atoms with Crippen LogP contribution in [0.3, 0.4) is 0 Å². The van der Waals surface area contributed by atoms with Crippen molar-refractivity contribution in [3.63, 3.8) is 0 Å². The molecule has 1 atom stereocenters. The van der Waals surface area contributed by atoms with Crippen LogP contribution in [0.2, 0.25) is 0 Å². The molecule has 0 aliphatic carbocycles. The predicted molar refractivity (Wildman–Crippen MR) is 78.5 cm³/mol. The first kappa shape index (κ1) is 16.3. The number of carbonyl (C=O) groups excluding carboxylic acids is 1. The number of benzene rings is 1. The molecule has 0 fully saturated rings. The van der Waals surface area contributed by atoms with Crippen LogP contribution >= 0.6 is 11.8 Å². The predicted octanol–water partition coefficient (Wildman–Crippen LogP) is 2.55. The molecule has 0 radical (unpaired) electrons. The van der Waals surface area contributed by atoms with Crippen LogP contribution in [-0.4, -0.2) is 17.2 Å². The normalized spacial score (nSPS) is 13.6. The van der Waals surface area contributed by atoms with Crippen molar-refractivity contribution in [3.05, 3.63) is 24.0 Å². The van der Waals surface area contributed by atoms with Crippen molar-refractivity contribution in [2.24, 2.45) is 5.92 Å². The van der Waals surface area contributed by atoms with E-state index >= 15 is 0 Å². The van der Waals surface area contributed by atoms with Gasteiger partial charge >= 0.3 is 0 Å². The number of rotatable bonds is 5. The summed E-state index contributed by atoms with van der Waals surface area (Å²) in [5.41, 5.74) is 4.56. The minimum Gasteiger partial charge on any atom is -0.396 e. The average molecular weight is 295 g/mol. The molecule has 6 heteroatoms. The van der Waals surface area contributed by atoms with Gasteiger partial charge in [-0.25, -0.2) is 4.39 Å². The molecule has 1 aromatic carbocycles. The first-order valence-electron chi connectivity index (χ1n) is 6.18. The van der Waals surface area contributed by atoms with Gasteiger partial charge in [0.1, 0.15) is 11.4 Å². The molecule has 0 aliphatic heterocycles. The van der Waals surface area contributed by atoms with Gasteiger partial charge in [0.25, 0.3) is 0 Å². The summed E-state index contributed by atoms with van der Waals surface area (Å²) in [5, 5.41) is 11.8. The molecule has 0 saturated heterocycles. The van der Waals surface area contributed by atoms with Gasteiger partial charge in [-0.05, 0) is 31.0 Å². The van der Waals surface area contributed by atoms with E-state index < -0.39 is 11.4 Å². The molecule has 0 aromatic heterocycles. The van der Waals surface area contributed by atoms with E-state index in [-0.39, 0.29) is 23.3 Å². The monoisotopic (exact) mass is 295 g/mol. The van der Waals surface area contributed by atoms with Crippen LogP contribution in [0.25, 0.3) is 0 Å². The minimum atomic E-state index is -0.899. The Kier molecular flexibility index (Phi) is 5.40. The Balaban J connectivity index is 2.60. The van der Waals surface area contributed by atoms with E-state index in [4.69, 9.17) is 11.0 Å². The number of amides is 1. The van der Waals surface area contributed by atoms with Gasteiger partial charge in [0, 0.05) is 4.90 Å². The van der Waals surface area contributed by atoms with Crippen LogP contribution in [0.5, 0.6) is 0 Å². The van der Waals surface area contributed by atoms with Crippen molar-refractivity contribution in [2.45, 2.75) is 31.2 Å². The Morgan fingerprint density at radius 2 is 2.25 bits per heavy atom. The fraction of sp³-hybridized carbons (Fsp3) is 0.429. The van der Waals surface area contributed by atoms with E-state index in [1.807, 2.05) is 13.8 Å². The number of thioether (sulfide) groups is 1. The summed E-state index contributed by atoms with van der Waals surface area (Å²) in [6, 6.07) is 6.51. The summed E-state index contributed by atoms with van der Waals surface area (Å²) in [5.74, 6) is -0.646. The summed E-state index contributed by atoms with van der Waals surface area (Å²) in [6.07, 6.45) is 0. The highest BCUT2D eigenvalue weighted by Crippen LogP contribution is 2.22. The highest BCUT2D eigenvalue weighted by molar-refractivity contribution is 8.00. The highest BCUT2D eigenvalue weighted by Gasteiger charge is 2.29. The zero-order valence-corrected chi connectivity index (χ0v) is 12.6. The van der Waals surface area contributed by atoms with E-state index in [2.05, 4.69) is 11.4 Å². The Hall–Kier alpha value is -1.74. The van der Waals surface area contributed by atoms with Gasteiger partial charge in [0.2, 0.25) is 5.91 Å². The second-order valence-corrected chi connectivity index (χ2v) is 6.04. The van der Waals surface area contributed by atoms with E-state index in [0.717, 1.165) is 0 Å². The fourth-order valence-corrected chi connectivity index (χ4v) is 2.09. The van der Waals surface area contributed by atoms with Gasteiger partial charge in [-0.15, -0.1) is 11.8 Å². The molecular formula is C14H18FN3OS. The van der Waals surface area contributed by atoms with Gasteiger partial charge in [-0.3, -0.25) is 4.79 Å². The molecule has 3 N–H and O–H groups in total.